The molecule has 39 heavy (non-hydrogen) atoms. The topological polar surface area (TPSA) is 126 Å². The number of hydrogen-bond donors (Lipinski definition) is 4. The Hall–Kier alpha value is -5.24. The number of aromatic hydroxyl groups is 4. The summed E-state index contributed by atoms with van der Waals surface area (Å²) in [6, 6.07) is 25.3. The lowest BCUT2D eigenvalue weighted by molar-refractivity contribution is 0.268. The van der Waals surface area contributed by atoms with E-state index in [1.165, 1.54) is 0 Å². The molecule has 0 aliphatic rings. The van der Waals surface area contributed by atoms with Crippen molar-refractivity contribution in [3.8, 4) is 46.8 Å². The summed E-state index contributed by atoms with van der Waals surface area (Å²) in [5.74, 6) is 0.328. The molecule has 8 nitrogen and oxygen atoms in total. The lowest BCUT2D eigenvalue weighted by Crippen LogP contribution is -2.18. The normalized spacial score (nSPS) is 11.7. The Kier molecular flexibility index (Phi) is 5.54. The highest BCUT2D eigenvalue weighted by molar-refractivity contribution is 5.96. The van der Waals surface area contributed by atoms with Crippen LogP contribution in [-0.4, -0.2) is 20.4 Å². The van der Waals surface area contributed by atoms with Crippen LogP contribution in [0.15, 0.2) is 93.8 Å². The minimum atomic E-state index is -0.403. The van der Waals surface area contributed by atoms with Gasteiger partial charge in [0, 0.05) is 5.41 Å². The van der Waals surface area contributed by atoms with E-state index in [0.717, 1.165) is 11.1 Å². The molecule has 0 atom stereocenters. The lowest BCUT2D eigenvalue weighted by Gasteiger charge is -2.26. The van der Waals surface area contributed by atoms with Gasteiger partial charge in [-0.3, -0.25) is 0 Å². The van der Waals surface area contributed by atoms with Crippen LogP contribution in [0.3, 0.4) is 0 Å². The average molecular weight is 525 g/mol. The van der Waals surface area contributed by atoms with Gasteiger partial charge in [-0.15, -0.1) is 0 Å². The van der Waals surface area contributed by atoms with Crippen molar-refractivity contribution in [3.05, 3.63) is 96.1 Å². The van der Waals surface area contributed by atoms with Gasteiger partial charge in [-0.25, -0.2) is 0 Å². The predicted octanol–water partition coefficient (Wildman–Crippen LogP) is 7.91. The summed E-state index contributed by atoms with van der Waals surface area (Å²) >= 11 is 0. The number of ether oxygens (including phenoxy) is 2. The largest absolute Gasteiger partial charge is 0.480 e. The monoisotopic (exact) mass is 524 g/mol. The maximum absolute atomic E-state index is 10.0. The smallest absolute Gasteiger partial charge is 0.297 e. The van der Waals surface area contributed by atoms with Gasteiger partial charge in [0.15, 0.2) is 0 Å². The number of furan rings is 2. The van der Waals surface area contributed by atoms with Crippen LogP contribution in [-0.2, 0) is 5.41 Å². The molecule has 0 aliphatic heterocycles. The van der Waals surface area contributed by atoms with Gasteiger partial charge < -0.3 is 38.7 Å². The molecule has 2 heterocycles. The first-order chi connectivity index (χ1) is 18.7. The Labute approximate surface area is 222 Å². The SMILES string of the molecule is CC(C)(c1ccc(Oc2cccc3c(O)oc(O)c23)cc1)c1ccc(Oc2cccc3c(O)oc(O)c23)cc1. The van der Waals surface area contributed by atoms with Crippen molar-refractivity contribution in [2.75, 3.05) is 0 Å². The van der Waals surface area contributed by atoms with Crippen molar-refractivity contribution in [1.29, 1.82) is 0 Å². The van der Waals surface area contributed by atoms with E-state index in [1.807, 2.05) is 48.5 Å². The number of benzene rings is 4. The molecule has 0 fully saturated rings. The highest BCUT2D eigenvalue weighted by Crippen LogP contribution is 2.44. The van der Waals surface area contributed by atoms with Crippen molar-refractivity contribution in [3.63, 3.8) is 0 Å². The molecule has 0 spiro atoms. The van der Waals surface area contributed by atoms with E-state index in [9.17, 15) is 20.4 Å². The molecule has 0 bridgehead atoms. The Morgan fingerprint density at radius 3 is 1.28 bits per heavy atom. The first kappa shape index (κ1) is 24.1. The van der Waals surface area contributed by atoms with Crippen LogP contribution in [0.5, 0.6) is 46.8 Å². The summed E-state index contributed by atoms with van der Waals surface area (Å²) in [7, 11) is 0. The fourth-order valence-corrected chi connectivity index (χ4v) is 4.73. The minimum absolute atomic E-state index is 0.303. The lowest BCUT2D eigenvalue weighted by atomic mass is 9.78. The molecule has 8 heteroatoms. The first-order valence-corrected chi connectivity index (χ1v) is 12.2. The fourth-order valence-electron chi connectivity index (χ4n) is 4.73. The Bertz CT molecular complexity index is 1680. The third-order valence-corrected chi connectivity index (χ3v) is 6.94. The molecular weight excluding hydrogens is 500 g/mol. The van der Waals surface area contributed by atoms with E-state index in [4.69, 9.17) is 18.3 Å². The van der Waals surface area contributed by atoms with Gasteiger partial charge in [-0.05, 0) is 59.7 Å². The third-order valence-electron chi connectivity index (χ3n) is 6.94. The van der Waals surface area contributed by atoms with Crippen LogP contribution < -0.4 is 9.47 Å². The molecule has 6 rings (SSSR count). The highest BCUT2D eigenvalue weighted by Gasteiger charge is 2.24. The molecule has 6 aromatic rings. The van der Waals surface area contributed by atoms with E-state index in [2.05, 4.69) is 13.8 Å². The van der Waals surface area contributed by atoms with E-state index < -0.39 is 11.9 Å². The predicted molar refractivity (Wildman–Crippen MR) is 144 cm³/mol. The van der Waals surface area contributed by atoms with Gasteiger partial charge in [0.25, 0.3) is 23.8 Å². The van der Waals surface area contributed by atoms with Crippen LogP contribution in [0.2, 0.25) is 0 Å². The fraction of sp³-hybridized carbons (Fsp3) is 0.0968. The van der Waals surface area contributed by atoms with Crippen LogP contribution in [0.1, 0.15) is 25.0 Å². The van der Waals surface area contributed by atoms with E-state index in [0.29, 0.717) is 44.5 Å². The summed E-state index contributed by atoms with van der Waals surface area (Å²) in [6.45, 7) is 4.22. The molecular formula is C31H24O8. The van der Waals surface area contributed by atoms with Gasteiger partial charge in [0.1, 0.15) is 33.8 Å². The molecule has 4 aromatic carbocycles. The summed E-state index contributed by atoms with van der Waals surface area (Å²) in [6.07, 6.45) is 0. The molecule has 0 saturated carbocycles. The number of rotatable bonds is 6. The maximum Gasteiger partial charge on any atom is 0.297 e. The van der Waals surface area contributed by atoms with Crippen molar-refractivity contribution in [2.24, 2.45) is 0 Å². The summed E-state index contributed by atoms with van der Waals surface area (Å²) in [5.41, 5.74) is 1.75. The zero-order valence-corrected chi connectivity index (χ0v) is 21.0. The minimum Gasteiger partial charge on any atom is -0.480 e. The Balaban J connectivity index is 1.21. The van der Waals surface area contributed by atoms with Crippen LogP contribution in [0.25, 0.3) is 21.5 Å². The molecule has 196 valence electrons. The zero-order chi connectivity index (χ0) is 27.3. The Morgan fingerprint density at radius 1 is 0.513 bits per heavy atom. The molecule has 0 amide bonds. The van der Waals surface area contributed by atoms with E-state index in [-0.39, 0.29) is 17.3 Å². The van der Waals surface area contributed by atoms with Crippen molar-refractivity contribution in [1.82, 2.24) is 0 Å². The van der Waals surface area contributed by atoms with Crippen molar-refractivity contribution < 1.29 is 38.7 Å². The zero-order valence-electron chi connectivity index (χ0n) is 21.0. The van der Waals surface area contributed by atoms with Gasteiger partial charge in [0.2, 0.25) is 0 Å². The summed E-state index contributed by atoms with van der Waals surface area (Å²) < 4.78 is 21.8. The second kappa shape index (κ2) is 8.95. The Morgan fingerprint density at radius 2 is 0.897 bits per heavy atom. The number of hydrogen-bond acceptors (Lipinski definition) is 8. The van der Waals surface area contributed by atoms with Crippen molar-refractivity contribution in [2.45, 2.75) is 19.3 Å². The van der Waals surface area contributed by atoms with Crippen LogP contribution in [0.4, 0.5) is 0 Å². The van der Waals surface area contributed by atoms with Gasteiger partial charge >= 0.3 is 0 Å². The van der Waals surface area contributed by atoms with Crippen LogP contribution >= 0.6 is 0 Å². The first-order valence-electron chi connectivity index (χ1n) is 12.2. The van der Waals surface area contributed by atoms with E-state index in [1.54, 1.807) is 36.4 Å². The average Bonchev–Trinajstić information content (AvgIpc) is 3.39. The van der Waals surface area contributed by atoms with Crippen LogP contribution in [0, 0.1) is 0 Å². The molecule has 0 aliphatic carbocycles. The van der Waals surface area contributed by atoms with Gasteiger partial charge in [-0.1, -0.05) is 50.2 Å². The van der Waals surface area contributed by atoms with Crippen molar-refractivity contribution >= 4 is 21.5 Å². The third kappa shape index (κ3) is 4.12. The molecule has 0 unspecified atom stereocenters. The summed E-state index contributed by atoms with van der Waals surface area (Å²) in [4.78, 5) is 0. The second-order valence-electron chi connectivity index (χ2n) is 9.66. The van der Waals surface area contributed by atoms with Gasteiger partial charge in [0.05, 0.1) is 10.8 Å². The highest BCUT2D eigenvalue weighted by atomic mass is 16.5. The summed E-state index contributed by atoms with van der Waals surface area (Å²) in [5, 5.41) is 41.1. The second-order valence-corrected chi connectivity index (χ2v) is 9.66. The number of fused-ring (bicyclic) bond motifs is 2. The molecule has 0 saturated heterocycles. The van der Waals surface area contributed by atoms with E-state index >= 15 is 0 Å². The maximum atomic E-state index is 10.0. The standard InChI is InChI=1S/C31H24O8/c1-31(2,17-9-13-19(14-10-17)36-23-7-3-5-21-25(23)29(34)38-27(21)32)18-11-15-20(16-12-18)37-24-8-4-6-22-26(24)30(35)39-28(22)33/h3-16,32-35H,1-2H3. The molecule has 2 aromatic heterocycles. The van der Waals surface area contributed by atoms with Gasteiger partial charge in [-0.2, -0.15) is 0 Å². The quantitative estimate of drug-likeness (QED) is 0.173. The molecule has 4 N–H and O–H groups in total. The molecule has 0 radical (unpaired) electrons.